The Morgan fingerprint density at radius 2 is 2.14 bits per heavy atom. The number of benzene rings is 1. The van der Waals surface area contributed by atoms with Crippen LogP contribution in [-0.2, 0) is 4.79 Å². The zero-order valence-corrected chi connectivity index (χ0v) is 13.4. The number of carbonyl (C=O) groups excluding carboxylic acids is 1. The van der Waals surface area contributed by atoms with Gasteiger partial charge in [0.1, 0.15) is 5.75 Å². The summed E-state index contributed by atoms with van der Waals surface area (Å²) in [6.45, 7) is 5.06. The molecule has 0 aliphatic carbocycles. The number of amides is 1. The lowest BCUT2D eigenvalue weighted by Crippen LogP contribution is -2.34. The molecule has 2 N–H and O–H groups in total. The van der Waals surface area contributed by atoms with Crippen molar-refractivity contribution in [3.63, 3.8) is 0 Å². The molecule has 118 valence electrons. The van der Waals surface area contributed by atoms with Gasteiger partial charge in [-0.25, -0.2) is 0 Å². The number of rotatable bonds is 6. The SMILES string of the molecule is Cc1ccc(OCC(=O)NCCC2CCCNC2)cc1.Cl. The van der Waals surface area contributed by atoms with E-state index < -0.39 is 0 Å². The lowest BCUT2D eigenvalue weighted by atomic mass is 9.96. The first-order valence-corrected chi connectivity index (χ1v) is 7.41. The van der Waals surface area contributed by atoms with E-state index in [1.54, 1.807) is 0 Å². The van der Waals surface area contributed by atoms with Crippen LogP contribution >= 0.6 is 12.4 Å². The molecule has 1 saturated heterocycles. The molecule has 1 aromatic carbocycles. The summed E-state index contributed by atoms with van der Waals surface area (Å²) in [7, 11) is 0. The number of nitrogens with one attached hydrogen (secondary N) is 2. The van der Waals surface area contributed by atoms with Gasteiger partial charge in [-0.1, -0.05) is 17.7 Å². The average molecular weight is 313 g/mol. The highest BCUT2D eigenvalue weighted by molar-refractivity contribution is 5.85. The summed E-state index contributed by atoms with van der Waals surface area (Å²) in [4.78, 5) is 11.7. The smallest absolute Gasteiger partial charge is 0.257 e. The van der Waals surface area contributed by atoms with Crippen molar-refractivity contribution >= 4 is 18.3 Å². The van der Waals surface area contributed by atoms with Gasteiger partial charge < -0.3 is 15.4 Å². The van der Waals surface area contributed by atoms with E-state index in [-0.39, 0.29) is 24.9 Å². The first kappa shape index (κ1) is 17.8. The van der Waals surface area contributed by atoms with E-state index in [1.807, 2.05) is 31.2 Å². The summed E-state index contributed by atoms with van der Waals surface area (Å²) in [6.07, 6.45) is 3.56. The second-order valence-corrected chi connectivity index (χ2v) is 5.45. The molecule has 21 heavy (non-hydrogen) atoms. The predicted molar refractivity (Wildman–Crippen MR) is 87.1 cm³/mol. The van der Waals surface area contributed by atoms with E-state index >= 15 is 0 Å². The number of carbonyl (C=O) groups is 1. The molecule has 1 atom stereocenters. The summed E-state index contributed by atoms with van der Waals surface area (Å²) in [5, 5.41) is 6.31. The minimum absolute atomic E-state index is 0. The lowest BCUT2D eigenvalue weighted by molar-refractivity contribution is -0.123. The molecule has 1 fully saturated rings. The molecule has 4 nitrogen and oxygen atoms in total. The second-order valence-electron chi connectivity index (χ2n) is 5.45. The van der Waals surface area contributed by atoms with Crippen molar-refractivity contribution in [3.05, 3.63) is 29.8 Å². The Hall–Kier alpha value is -1.26. The standard InChI is InChI=1S/C16H24N2O2.ClH/c1-13-4-6-15(7-5-13)20-12-16(19)18-10-8-14-3-2-9-17-11-14;/h4-7,14,17H,2-3,8-12H2,1H3,(H,18,19);1H. The van der Waals surface area contributed by atoms with Crippen LogP contribution in [0, 0.1) is 12.8 Å². The van der Waals surface area contributed by atoms with E-state index in [4.69, 9.17) is 4.74 Å². The first-order chi connectivity index (χ1) is 9.74. The predicted octanol–water partition coefficient (Wildman–Crippen LogP) is 2.30. The minimum Gasteiger partial charge on any atom is -0.484 e. The van der Waals surface area contributed by atoms with Crippen molar-refractivity contribution in [2.75, 3.05) is 26.2 Å². The Kier molecular flexibility index (Phi) is 8.16. The van der Waals surface area contributed by atoms with E-state index in [0.29, 0.717) is 5.92 Å². The summed E-state index contributed by atoms with van der Waals surface area (Å²) in [5.41, 5.74) is 1.18. The number of hydrogen-bond donors (Lipinski definition) is 2. The van der Waals surface area contributed by atoms with Crippen molar-refractivity contribution in [1.82, 2.24) is 10.6 Å². The average Bonchev–Trinajstić information content (AvgIpc) is 2.48. The largest absolute Gasteiger partial charge is 0.484 e. The van der Waals surface area contributed by atoms with Gasteiger partial charge in [0.2, 0.25) is 0 Å². The molecule has 1 aromatic rings. The molecule has 1 aliphatic rings. The molecule has 0 spiro atoms. The molecule has 1 amide bonds. The highest BCUT2D eigenvalue weighted by Crippen LogP contribution is 2.13. The fourth-order valence-electron chi connectivity index (χ4n) is 2.42. The van der Waals surface area contributed by atoms with Crippen molar-refractivity contribution in [3.8, 4) is 5.75 Å². The lowest BCUT2D eigenvalue weighted by Gasteiger charge is -2.22. The quantitative estimate of drug-likeness (QED) is 0.847. The Labute approximate surface area is 133 Å². The molecule has 5 heteroatoms. The van der Waals surface area contributed by atoms with Gasteiger partial charge in [-0.15, -0.1) is 12.4 Å². The Morgan fingerprint density at radius 1 is 1.38 bits per heavy atom. The third-order valence-corrected chi connectivity index (χ3v) is 3.66. The third-order valence-electron chi connectivity index (χ3n) is 3.66. The molecule has 0 radical (unpaired) electrons. The van der Waals surface area contributed by atoms with Crippen molar-refractivity contribution in [2.24, 2.45) is 5.92 Å². The normalized spacial score (nSPS) is 17.7. The number of piperidine rings is 1. The fraction of sp³-hybridized carbons (Fsp3) is 0.562. The monoisotopic (exact) mass is 312 g/mol. The van der Waals surface area contributed by atoms with Gasteiger partial charge in [-0.2, -0.15) is 0 Å². The zero-order valence-electron chi connectivity index (χ0n) is 12.6. The maximum absolute atomic E-state index is 11.7. The zero-order chi connectivity index (χ0) is 14.2. The maximum Gasteiger partial charge on any atom is 0.257 e. The Balaban J connectivity index is 0.00000220. The summed E-state index contributed by atoms with van der Waals surface area (Å²) in [5.74, 6) is 1.39. The Bertz CT molecular complexity index is 417. The van der Waals surface area contributed by atoms with Crippen LogP contribution in [0.1, 0.15) is 24.8 Å². The van der Waals surface area contributed by atoms with E-state index in [0.717, 1.165) is 31.8 Å². The van der Waals surface area contributed by atoms with Crippen LogP contribution in [0.3, 0.4) is 0 Å². The number of hydrogen-bond acceptors (Lipinski definition) is 3. The van der Waals surface area contributed by atoms with Gasteiger partial charge in [-0.3, -0.25) is 4.79 Å². The van der Waals surface area contributed by atoms with Crippen LogP contribution in [0.2, 0.25) is 0 Å². The van der Waals surface area contributed by atoms with Crippen LogP contribution < -0.4 is 15.4 Å². The van der Waals surface area contributed by atoms with Crippen molar-refractivity contribution in [2.45, 2.75) is 26.2 Å². The molecule has 2 rings (SSSR count). The molecule has 0 saturated carbocycles. The van der Waals surface area contributed by atoms with Gasteiger partial charge >= 0.3 is 0 Å². The minimum atomic E-state index is -0.0469. The molecular formula is C16H25ClN2O2. The van der Waals surface area contributed by atoms with Crippen LogP contribution in [0.25, 0.3) is 0 Å². The van der Waals surface area contributed by atoms with Gasteiger partial charge in [0, 0.05) is 6.54 Å². The topological polar surface area (TPSA) is 50.4 Å². The van der Waals surface area contributed by atoms with Crippen LogP contribution in [0.4, 0.5) is 0 Å². The second kappa shape index (κ2) is 9.64. The van der Waals surface area contributed by atoms with Crippen LogP contribution in [0.5, 0.6) is 5.75 Å². The molecule has 0 bridgehead atoms. The molecule has 0 aromatic heterocycles. The third kappa shape index (κ3) is 6.82. The van der Waals surface area contributed by atoms with Crippen LogP contribution in [0.15, 0.2) is 24.3 Å². The van der Waals surface area contributed by atoms with Crippen LogP contribution in [-0.4, -0.2) is 32.1 Å². The van der Waals surface area contributed by atoms with Gasteiger partial charge in [-0.05, 0) is 57.3 Å². The van der Waals surface area contributed by atoms with Crippen molar-refractivity contribution in [1.29, 1.82) is 0 Å². The molecule has 1 unspecified atom stereocenters. The highest BCUT2D eigenvalue weighted by Gasteiger charge is 2.12. The fourth-order valence-corrected chi connectivity index (χ4v) is 2.42. The Morgan fingerprint density at radius 3 is 2.81 bits per heavy atom. The highest BCUT2D eigenvalue weighted by atomic mass is 35.5. The summed E-state index contributed by atoms with van der Waals surface area (Å²) in [6, 6.07) is 7.72. The molecular weight excluding hydrogens is 288 g/mol. The first-order valence-electron chi connectivity index (χ1n) is 7.41. The molecule has 1 heterocycles. The number of ether oxygens (including phenoxy) is 1. The van der Waals surface area contributed by atoms with E-state index in [2.05, 4.69) is 10.6 Å². The molecule has 1 aliphatic heterocycles. The van der Waals surface area contributed by atoms with E-state index in [1.165, 1.54) is 18.4 Å². The van der Waals surface area contributed by atoms with E-state index in [9.17, 15) is 4.79 Å². The number of halogens is 1. The summed E-state index contributed by atoms with van der Waals surface area (Å²) >= 11 is 0. The van der Waals surface area contributed by atoms with Gasteiger partial charge in [0.25, 0.3) is 5.91 Å². The van der Waals surface area contributed by atoms with Gasteiger partial charge in [0.05, 0.1) is 0 Å². The summed E-state index contributed by atoms with van der Waals surface area (Å²) < 4.78 is 5.44. The number of aryl methyl sites for hydroxylation is 1. The van der Waals surface area contributed by atoms with Crippen molar-refractivity contribution < 1.29 is 9.53 Å². The van der Waals surface area contributed by atoms with Gasteiger partial charge in [0.15, 0.2) is 6.61 Å². The maximum atomic E-state index is 11.7.